The van der Waals surface area contributed by atoms with Crippen molar-refractivity contribution in [3.8, 4) is 0 Å². The standard InChI is InChI=1S/CH3BBrFO/c1-5-2(3)4/h1H3. The van der Waals surface area contributed by atoms with Crippen molar-refractivity contribution in [1.82, 2.24) is 0 Å². The van der Waals surface area contributed by atoms with Crippen molar-refractivity contribution in [2.45, 2.75) is 0 Å². The van der Waals surface area contributed by atoms with Gasteiger partial charge in [0, 0.05) is 7.11 Å². The largest absolute Gasteiger partial charge is 0.578 e. The average molecular weight is 141 g/mol. The average Bonchev–Trinajstić information content (AvgIpc) is 1.38. The summed E-state index contributed by atoms with van der Waals surface area (Å²) in [6.45, 7) is 0. The van der Waals surface area contributed by atoms with Gasteiger partial charge in [-0.25, -0.2) is 0 Å². The second-order valence-electron chi connectivity index (χ2n) is 0.496. The van der Waals surface area contributed by atoms with Gasteiger partial charge in [0.25, 0.3) is 0 Å². The van der Waals surface area contributed by atoms with Gasteiger partial charge in [-0.05, 0) is 0 Å². The summed E-state index contributed by atoms with van der Waals surface area (Å²) < 4.78 is 15.1. The normalized spacial score (nSPS) is 7.80. The van der Waals surface area contributed by atoms with Crippen LogP contribution in [0.1, 0.15) is 0 Å². The van der Waals surface area contributed by atoms with Gasteiger partial charge in [0.05, 0.1) is 0 Å². The van der Waals surface area contributed by atoms with Crippen molar-refractivity contribution in [3.05, 3.63) is 0 Å². The maximum Gasteiger partial charge on any atom is 0.578 e. The molecule has 0 aromatic rings. The van der Waals surface area contributed by atoms with Crippen LogP contribution in [-0.4, -0.2) is 13.1 Å². The lowest BCUT2D eigenvalue weighted by Crippen LogP contribution is -1.94. The Morgan fingerprint density at radius 1 is 2.00 bits per heavy atom. The summed E-state index contributed by atoms with van der Waals surface area (Å²) in [5, 5.41) is 0. The Bertz CT molecular complexity index is 25.6. The molecule has 0 N–H and O–H groups in total. The fourth-order valence-electron chi connectivity index (χ4n) is 0. The third kappa shape index (κ3) is 4.43. The van der Waals surface area contributed by atoms with Gasteiger partial charge in [-0.15, -0.1) is 0 Å². The Balaban J connectivity index is 2.54. The topological polar surface area (TPSA) is 9.23 Å². The Labute approximate surface area is 38.6 Å². The molecule has 0 spiro atoms. The molecular formula is CH3BBrFO. The molecule has 0 saturated heterocycles. The summed E-state index contributed by atoms with van der Waals surface area (Å²) >= 11 is 2.48. The summed E-state index contributed by atoms with van der Waals surface area (Å²) in [5.74, 6) is 0. The van der Waals surface area contributed by atoms with Gasteiger partial charge in [-0.2, -0.15) is 0 Å². The zero-order valence-corrected chi connectivity index (χ0v) is 4.33. The van der Waals surface area contributed by atoms with Crippen LogP contribution in [-0.2, 0) is 4.65 Å². The van der Waals surface area contributed by atoms with Crippen LogP contribution < -0.4 is 0 Å². The van der Waals surface area contributed by atoms with E-state index in [1.165, 1.54) is 7.11 Å². The summed E-state index contributed by atoms with van der Waals surface area (Å²) in [6.07, 6.45) is 0. The lowest BCUT2D eigenvalue weighted by atomic mass is 10.5. The minimum atomic E-state index is -1.30. The second-order valence-corrected chi connectivity index (χ2v) is 1.22. The highest BCUT2D eigenvalue weighted by Crippen LogP contribution is 1.91. The molecule has 30 valence electrons. The molecule has 5 heavy (non-hydrogen) atoms. The van der Waals surface area contributed by atoms with Crippen molar-refractivity contribution in [2.24, 2.45) is 0 Å². The molecule has 0 heterocycles. The second kappa shape index (κ2) is 2.66. The third-order valence-electron chi connectivity index (χ3n) is 0.178. The van der Waals surface area contributed by atoms with Crippen LogP contribution in [0.4, 0.5) is 4.32 Å². The van der Waals surface area contributed by atoms with Gasteiger partial charge in [-0.1, -0.05) is 15.8 Å². The molecule has 4 heteroatoms. The number of halogens is 2. The van der Waals surface area contributed by atoms with Gasteiger partial charge in [0.1, 0.15) is 0 Å². The van der Waals surface area contributed by atoms with E-state index in [0.717, 1.165) is 0 Å². The van der Waals surface area contributed by atoms with Crippen LogP contribution in [0.2, 0.25) is 0 Å². The van der Waals surface area contributed by atoms with E-state index in [2.05, 4.69) is 20.4 Å². The minimum Gasteiger partial charge on any atom is -0.401 e. The first-order valence-corrected chi connectivity index (χ1v) is 2.00. The van der Waals surface area contributed by atoms with Crippen LogP contribution in [0.3, 0.4) is 0 Å². The van der Waals surface area contributed by atoms with Crippen LogP contribution in [0.5, 0.6) is 0 Å². The summed E-state index contributed by atoms with van der Waals surface area (Å²) in [5.41, 5.74) is 0. The molecule has 1 nitrogen and oxygen atoms in total. The number of rotatable bonds is 1. The number of hydrogen-bond acceptors (Lipinski definition) is 1. The first kappa shape index (κ1) is 5.43. The molecule has 0 aromatic carbocycles. The van der Waals surface area contributed by atoms with Gasteiger partial charge in [0.2, 0.25) is 0 Å². The molecule has 0 atom stereocenters. The van der Waals surface area contributed by atoms with E-state index < -0.39 is 6.02 Å². The molecule has 0 rings (SSSR count). The van der Waals surface area contributed by atoms with Crippen molar-refractivity contribution >= 4 is 21.8 Å². The van der Waals surface area contributed by atoms with Crippen molar-refractivity contribution < 1.29 is 8.97 Å². The SMILES string of the molecule is COB(F)Br. The Hall–Kier alpha value is 0.435. The summed E-state index contributed by atoms with van der Waals surface area (Å²) in [7, 11) is 1.28. The number of hydrogen-bond donors (Lipinski definition) is 0. The molecule has 0 bridgehead atoms. The quantitative estimate of drug-likeness (QED) is 0.494. The van der Waals surface area contributed by atoms with Crippen molar-refractivity contribution in [2.75, 3.05) is 7.11 Å². The molecule has 0 fully saturated rings. The highest BCUT2D eigenvalue weighted by atomic mass is 79.9. The van der Waals surface area contributed by atoms with Gasteiger partial charge in [0.15, 0.2) is 0 Å². The van der Waals surface area contributed by atoms with Gasteiger partial charge >= 0.3 is 6.02 Å². The molecule has 0 aliphatic heterocycles. The molecule has 0 radical (unpaired) electrons. The fourth-order valence-corrected chi connectivity index (χ4v) is 0. The van der Waals surface area contributed by atoms with Gasteiger partial charge < -0.3 is 4.65 Å². The highest BCUT2D eigenvalue weighted by Gasteiger charge is 2.02. The van der Waals surface area contributed by atoms with E-state index in [1.54, 1.807) is 0 Å². The molecule has 0 aliphatic rings. The smallest absolute Gasteiger partial charge is 0.401 e. The van der Waals surface area contributed by atoms with Crippen LogP contribution in [0.25, 0.3) is 0 Å². The van der Waals surface area contributed by atoms with Crippen molar-refractivity contribution in [3.63, 3.8) is 0 Å². The Morgan fingerprint density at radius 3 is 2.20 bits per heavy atom. The predicted octanol–water partition coefficient (Wildman–Crippen LogP) is 0.982. The first-order valence-electron chi connectivity index (χ1n) is 1.08. The highest BCUT2D eigenvalue weighted by molar-refractivity contribution is 9.24. The molecular weight excluding hydrogens is 138 g/mol. The van der Waals surface area contributed by atoms with E-state index in [9.17, 15) is 4.32 Å². The lowest BCUT2D eigenvalue weighted by Gasteiger charge is -1.81. The summed E-state index contributed by atoms with van der Waals surface area (Å²) in [6, 6.07) is -1.30. The maximum atomic E-state index is 11.1. The molecule has 0 aromatic heterocycles. The summed E-state index contributed by atoms with van der Waals surface area (Å²) in [4.78, 5) is 0. The van der Waals surface area contributed by atoms with Crippen molar-refractivity contribution in [1.29, 1.82) is 0 Å². The monoisotopic (exact) mass is 140 g/mol. The maximum absolute atomic E-state index is 11.1. The van der Waals surface area contributed by atoms with E-state index in [4.69, 9.17) is 0 Å². The molecule has 0 aliphatic carbocycles. The molecule has 0 amide bonds. The lowest BCUT2D eigenvalue weighted by molar-refractivity contribution is 0.399. The zero-order chi connectivity index (χ0) is 4.28. The molecule has 0 saturated carbocycles. The van der Waals surface area contributed by atoms with Crippen LogP contribution in [0.15, 0.2) is 0 Å². The minimum absolute atomic E-state index is 1.28. The van der Waals surface area contributed by atoms with Crippen LogP contribution in [0, 0.1) is 0 Å². The van der Waals surface area contributed by atoms with Crippen LogP contribution >= 0.6 is 15.8 Å². The first-order chi connectivity index (χ1) is 2.27. The van der Waals surface area contributed by atoms with E-state index in [1.807, 2.05) is 0 Å². The third-order valence-corrected chi connectivity index (χ3v) is 0.552. The van der Waals surface area contributed by atoms with Gasteiger partial charge in [-0.3, -0.25) is 4.32 Å². The van der Waals surface area contributed by atoms with E-state index >= 15 is 0 Å². The molecule has 0 unspecified atom stereocenters. The fraction of sp³-hybridized carbons (Fsp3) is 1.00. The Kier molecular flexibility index (Phi) is 2.89. The zero-order valence-electron chi connectivity index (χ0n) is 2.74. The van der Waals surface area contributed by atoms with E-state index in [0.29, 0.717) is 0 Å². The van der Waals surface area contributed by atoms with E-state index in [-0.39, 0.29) is 0 Å². The predicted molar refractivity (Wildman–Crippen MR) is 22.8 cm³/mol. The Morgan fingerprint density at radius 2 is 2.20 bits per heavy atom.